The van der Waals surface area contributed by atoms with Crippen LogP contribution in [0.1, 0.15) is 16.1 Å². The normalized spacial score (nSPS) is 10.8. The highest BCUT2D eigenvalue weighted by Gasteiger charge is 2.12. The Labute approximate surface area is 150 Å². The molecule has 0 aliphatic rings. The van der Waals surface area contributed by atoms with E-state index in [1.54, 1.807) is 31.4 Å². The van der Waals surface area contributed by atoms with Crippen LogP contribution in [0.4, 0.5) is 0 Å². The second kappa shape index (κ2) is 8.05. The lowest BCUT2D eigenvalue weighted by atomic mass is 10.2. The van der Waals surface area contributed by atoms with E-state index in [9.17, 15) is 4.79 Å². The number of fused-ring (bicyclic) bond motifs is 1. The van der Waals surface area contributed by atoms with E-state index in [0.717, 1.165) is 16.7 Å². The molecule has 0 saturated heterocycles. The van der Waals surface area contributed by atoms with E-state index < -0.39 is 0 Å². The zero-order valence-corrected chi connectivity index (χ0v) is 14.5. The van der Waals surface area contributed by atoms with Gasteiger partial charge in [-0.15, -0.1) is 0 Å². The van der Waals surface area contributed by atoms with Crippen molar-refractivity contribution in [1.82, 2.24) is 5.32 Å². The van der Waals surface area contributed by atoms with E-state index in [4.69, 9.17) is 25.5 Å². The fourth-order valence-corrected chi connectivity index (χ4v) is 2.56. The monoisotopic (exact) mass is 359 g/mol. The van der Waals surface area contributed by atoms with Gasteiger partial charge in [0, 0.05) is 24.1 Å². The van der Waals surface area contributed by atoms with Crippen LogP contribution in [0, 0.1) is 0 Å². The molecule has 1 aromatic heterocycles. The molecule has 1 amide bonds. The Morgan fingerprint density at radius 2 is 2.04 bits per heavy atom. The SMILES string of the molecule is COCCOc1cccc(CNC(=O)c2cc3cc(Cl)ccc3o2)c1. The summed E-state index contributed by atoms with van der Waals surface area (Å²) in [6, 6.07) is 14.5. The van der Waals surface area contributed by atoms with Crippen molar-refractivity contribution in [3.63, 3.8) is 0 Å². The first-order valence-electron chi connectivity index (χ1n) is 7.83. The number of halogens is 1. The number of rotatable bonds is 7. The Kier molecular flexibility index (Phi) is 5.58. The van der Waals surface area contributed by atoms with Crippen LogP contribution in [0.5, 0.6) is 5.75 Å². The second-order valence-electron chi connectivity index (χ2n) is 5.46. The van der Waals surface area contributed by atoms with Crippen molar-refractivity contribution in [3.8, 4) is 5.75 Å². The maximum atomic E-state index is 12.3. The summed E-state index contributed by atoms with van der Waals surface area (Å²) >= 11 is 5.95. The molecule has 25 heavy (non-hydrogen) atoms. The molecule has 0 radical (unpaired) electrons. The molecule has 2 aromatic carbocycles. The Bertz CT molecular complexity index is 875. The number of furan rings is 1. The molecule has 0 bridgehead atoms. The summed E-state index contributed by atoms with van der Waals surface area (Å²) in [6.07, 6.45) is 0. The zero-order valence-electron chi connectivity index (χ0n) is 13.8. The molecule has 0 saturated carbocycles. The molecule has 3 rings (SSSR count). The quantitative estimate of drug-likeness (QED) is 0.647. The standard InChI is InChI=1S/C19H18ClNO4/c1-23-7-8-24-16-4-2-3-13(9-16)12-21-19(22)18-11-14-10-15(20)5-6-17(14)25-18/h2-6,9-11H,7-8,12H2,1H3,(H,21,22). The van der Waals surface area contributed by atoms with E-state index in [1.807, 2.05) is 24.3 Å². The van der Waals surface area contributed by atoms with Gasteiger partial charge < -0.3 is 19.2 Å². The molecule has 6 heteroatoms. The third kappa shape index (κ3) is 4.53. The van der Waals surface area contributed by atoms with Crippen LogP contribution >= 0.6 is 11.6 Å². The predicted molar refractivity (Wildman–Crippen MR) is 96.2 cm³/mol. The Morgan fingerprint density at radius 1 is 1.16 bits per heavy atom. The summed E-state index contributed by atoms with van der Waals surface area (Å²) in [7, 11) is 1.63. The van der Waals surface area contributed by atoms with Gasteiger partial charge in [0.05, 0.1) is 6.61 Å². The lowest BCUT2D eigenvalue weighted by Gasteiger charge is -2.08. The Morgan fingerprint density at radius 3 is 2.88 bits per heavy atom. The molecule has 0 unspecified atom stereocenters. The first-order valence-corrected chi connectivity index (χ1v) is 8.21. The Hall–Kier alpha value is -2.50. The number of amides is 1. The molecule has 0 fully saturated rings. The van der Waals surface area contributed by atoms with Crippen LogP contribution in [0.25, 0.3) is 11.0 Å². The van der Waals surface area contributed by atoms with Gasteiger partial charge in [0.1, 0.15) is 17.9 Å². The predicted octanol–water partition coefficient (Wildman–Crippen LogP) is 4.04. The average molecular weight is 360 g/mol. The van der Waals surface area contributed by atoms with Crippen LogP contribution in [0.2, 0.25) is 5.02 Å². The first-order chi connectivity index (χ1) is 12.2. The average Bonchev–Trinajstić information content (AvgIpc) is 3.03. The molecular formula is C19H18ClNO4. The van der Waals surface area contributed by atoms with Crippen molar-refractivity contribution in [2.75, 3.05) is 20.3 Å². The number of methoxy groups -OCH3 is 1. The molecule has 1 N–H and O–H groups in total. The molecule has 0 aliphatic heterocycles. The minimum atomic E-state index is -0.280. The van der Waals surface area contributed by atoms with Crippen LogP contribution in [0.3, 0.4) is 0 Å². The summed E-state index contributed by atoms with van der Waals surface area (Å²) in [6.45, 7) is 1.38. The number of carbonyl (C=O) groups excluding carboxylic acids is 1. The molecule has 5 nitrogen and oxygen atoms in total. The van der Waals surface area contributed by atoms with E-state index in [-0.39, 0.29) is 11.7 Å². The second-order valence-corrected chi connectivity index (χ2v) is 5.90. The summed E-state index contributed by atoms with van der Waals surface area (Å²) in [4.78, 5) is 12.3. The van der Waals surface area contributed by atoms with Crippen LogP contribution in [0.15, 0.2) is 52.9 Å². The van der Waals surface area contributed by atoms with Gasteiger partial charge >= 0.3 is 0 Å². The fourth-order valence-electron chi connectivity index (χ4n) is 2.38. The third-order valence-corrected chi connectivity index (χ3v) is 3.84. The van der Waals surface area contributed by atoms with Gasteiger partial charge in [-0.3, -0.25) is 4.79 Å². The number of hydrogen-bond acceptors (Lipinski definition) is 4. The van der Waals surface area contributed by atoms with Gasteiger partial charge in [0.25, 0.3) is 5.91 Å². The summed E-state index contributed by atoms with van der Waals surface area (Å²) in [5.41, 5.74) is 1.56. The van der Waals surface area contributed by atoms with Crippen molar-refractivity contribution in [2.45, 2.75) is 6.54 Å². The van der Waals surface area contributed by atoms with Gasteiger partial charge in [0.2, 0.25) is 0 Å². The summed E-state index contributed by atoms with van der Waals surface area (Å²) < 4.78 is 16.1. The number of ether oxygens (including phenoxy) is 2. The summed E-state index contributed by atoms with van der Waals surface area (Å²) in [5.74, 6) is 0.713. The van der Waals surface area contributed by atoms with E-state index in [0.29, 0.717) is 30.4 Å². The van der Waals surface area contributed by atoms with Crippen LogP contribution in [-0.4, -0.2) is 26.2 Å². The molecule has 0 atom stereocenters. The highest BCUT2D eigenvalue weighted by atomic mass is 35.5. The molecule has 3 aromatic rings. The van der Waals surface area contributed by atoms with Gasteiger partial charge in [-0.2, -0.15) is 0 Å². The molecule has 1 heterocycles. The number of nitrogens with one attached hydrogen (secondary N) is 1. The van der Waals surface area contributed by atoms with E-state index in [1.165, 1.54) is 0 Å². The lowest BCUT2D eigenvalue weighted by Crippen LogP contribution is -2.22. The first kappa shape index (κ1) is 17.3. The van der Waals surface area contributed by atoms with Crippen molar-refractivity contribution in [1.29, 1.82) is 0 Å². The molecule has 0 spiro atoms. The maximum Gasteiger partial charge on any atom is 0.287 e. The largest absolute Gasteiger partial charge is 0.491 e. The van der Waals surface area contributed by atoms with Crippen LogP contribution in [-0.2, 0) is 11.3 Å². The highest BCUT2D eigenvalue weighted by molar-refractivity contribution is 6.31. The number of carbonyl (C=O) groups is 1. The van der Waals surface area contributed by atoms with Crippen LogP contribution < -0.4 is 10.1 Å². The van der Waals surface area contributed by atoms with Gasteiger partial charge in [0.15, 0.2) is 5.76 Å². The van der Waals surface area contributed by atoms with Gasteiger partial charge in [-0.1, -0.05) is 23.7 Å². The fraction of sp³-hybridized carbons (Fsp3) is 0.211. The maximum absolute atomic E-state index is 12.3. The topological polar surface area (TPSA) is 60.7 Å². The van der Waals surface area contributed by atoms with Gasteiger partial charge in [-0.05, 0) is 42.0 Å². The molecular weight excluding hydrogens is 342 g/mol. The molecule has 130 valence electrons. The minimum absolute atomic E-state index is 0.254. The number of benzene rings is 2. The Balaban J connectivity index is 1.62. The lowest BCUT2D eigenvalue weighted by molar-refractivity contribution is 0.0925. The van der Waals surface area contributed by atoms with Crippen molar-refractivity contribution in [2.24, 2.45) is 0 Å². The van der Waals surface area contributed by atoms with Crippen molar-refractivity contribution in [3.05, 3.63) is 64.9 Å². The van der Waals surface area contributed by atoms with Gasteiger partial charge in [-0.25, -0.2) is 0 Å². The number of hydrogen-bond donors (Lipinski definition) is 1. The minimum Gasteiger partial charge on any atom is -0.491 e. The van der Waals surface area contributed by atoms with E-state index in [2.05, 4.69) is 5.32 Å². The third-order valence-electron chi connectivity index (χ3n) is 3.61. The molecule has 0 aliphatic carbocycles. The highest BCUT2D eigenvalue weighted by Crippen LogP contribution is 2.23. The smallest absolute Gasteiger partial charge is 0.287 e. The van der Waals surface area contributed by atoms with Crippen molar-refractivity contribution < 1.29 is 18.7 Å². The van der Waals surface area contributed by atoms with E-state index >= 15 is 0 Å². The zero-order chi connectivity index (χ0) is 17.6. The summed E-state index contributed by atoms with van der Waals surface area (Å²) in [5, 5.41) is 4.24. The van der Waals surface area contributed by atoms with Crippen molar-refractivity contribution >= 4 is 28.5 Å².